The lowest BCUT2D eigenvalue weighted by Gasteiger charge is -2.20. The summed E-state index contributed by atoms with van der Waals surface area (Å²) in [6.45, 7) is 1.28. The van der Waals surface area contributed by atoms with E-state index in [9.17, 15) is 15.5 Å². The average Bonchev–Trinajstić information content (AvgIpc) is 2.77. The summed E-state index contributed by atoms with van der Waals surface area (Å²) in [5.41, 5.74) is -1.29. The fraction of sp³-hybridized carbons (Fsp3) is 0.500. The number of aromatic hydroxyl groups is 1. The summed E-state index contributed by atoms with van der Waals surface area (Å²) in [5, 5.41) is 43.2. The molecule has 0 atom stereocenters. The molecule has 1 aliphatic rings. The van der Waals surface area contributed by atoms with Crippen LogP contribution in [-0.2, 0) is 0 Å². The van der Waals surface area contributed by atoms with Crippen molar-refractivity contribution in [2.45, 2.75) is 12.8 Å². The first kappa shape index (κ1) is 10.4. The summed E-state index contributed by atoms with van der Waals surface area (Å²) in [4.78, 5) is 1.67. The second kappa shape index (κ2) is 3.47. The third-order valence-corrected chi connectivity index (χ3v) is 2.66. The molecule has 0 radical (unpaired) electrons. The summed E-state index contributed by atoms with van der Waals surface area (Å²) < 4.78 is 0.480. The minimum absolute atomic E-state index is 0.0159. The molecule has 0 unspecified atom stereocenters. The predicted molar refractivity (Wildman–Crippen MR) is 51.6 cm³/mol. The lowest BCUT2D eigenvalue weighted by molar-refractivity contribution is 0.0895. The van der Waals surface area contributed by atoms with Gasteiger partial charge in [0.1, 0.15) is 0 Å². The van der Waals surface area contributed by atoms with Gasteiger partial charge in [-0.1, -0.05) is 0 Å². The molecule has 1 saturated heterocycles. The molecular formula is C8H13N5O3. The van der Waals surface area contributed by atoms with Gasteiger partial charge in [0, 0.05) is 13.1 Å². The van der Waals surface area contributed by atoms with Gasteiger partial charge in [-0.15, -0.1) is 9.46 Å². The van der Waals surface area contributed by atoms with Gasteiger partial charge in [0.05, 0.1) is 0 Å². The van der Waals surface area contributed by atoms with Gasteiger partial charge >= 0.3 is 0 Å². The van der Waals surface area contributed by atoms with Gasteiger partial charge in [-0.2, -0.15) is 0 Å². The first-order chi connectivity index (χ1) is 7.54. The number of rotatable bonds is 1. The van der Waals surface area contributed by atoms with Crippen molar-refractivity contribution in [3.8, 4) is 5.75 Å². The number of hydrogen-bond acceptors (Lipinski definition) is 6. The van der Waals surface area contributed by atoms with Crippen molar-refractivity contribution in [2.75, 3.05) is 18.0 Å². The summed E-state index contributed by atoms with van der Waals surface area (Å²) in [7, 11) is 0. The molecule has 0 aromatic carbocycles. The van der Waals surface area contributed by atoms with Crippen molar-refractivity contribution >= 4 is 5.82 Å². The molecule has 8 heteroatoms. The Morgan fingerprint density at radius 3 is 2.12 bits per heavy atom. The van der Waals surface area contributed by atoms with E-state index >= 15 is 0 Å². The maximum Gasteiger partial charge on any atom is 0.273 e. The minimum atomic E-state index is -0.676. The van der Waals surface area contributed by atoms with Crippen molar-refractivity contribution < 1.29 is 15.5 Å². The lowest BCUT2D eigenvalue weighted by Crippen LogP contribution is -2.41. The van der Waals surface area contributed by atoms with Crippen LogP contribution in [0.25, 0.3) is 0 Å². The fourth-order valence-corrected chi connectivity index (χ4v) is 1.82. The lowest BCUT2D eigenvalue weighted by atomic mass is 10.4. The van der Waals surface area contributed by atoms with E-state index in [2.05, 4.69) is 0 Å². The van der Waals surface area contributed by atoms with Crippen LogP contribution in [0.1, 0.15) is 12.8 Å². The molecular weight excluding hydrogens is 214 g/mol. The van der Waals surface area contributed by atoms with Crippen molar-refractivity contribution in [3.05, 3.63) is 11.1 Å². The molecule has 2 rings (SSSR count). The molecule has 0 bridgehead atoms. The standard InChI is InChI=1S/C8H13N5O3/c9-6-5(14)7(11-3-1-2-4-11)13(16)8(10)12(6)15/h9-10,14-16H,1-4H2. The van der Waals surface area contributed by atoms with Crippen LogP contribution < -0.4 is 16.0 Å². The third kappa shape index (κ3) is 1.30. The molecule has 8 nitrogen and oxygen atoms in total. The second-order valence-corrected chi connectivity index (χ2v) is 3.66. The summed E-state index contributed by atoms with van der Waals surface area (Å²) in [6.07, 6.45) is 1.85. The van der Waals surface area contributed by atoms with E-state index in [-0.39, 0.29) is 10.5 Å². The Morgan fingerprint density at radius 1 is 1.00 bits per heavy atom. The molecule has 0 amide bonds. The summed E-state index contributed by atoms with van der Waals surface area (Å²) >= 11 is 0. The van der Waals surface area contributed by atoms with E-state index in [1.807, 2.05) is 0 Å². The van der Waals surface area contributed by atoms with Crippen molar-refractivity contribution in [1.29, 1.82) is 10.8 Å². The van der Waals surface area contributed by atoms with Crippen molar-refractivity contribution in [3.63, 3.8) is 0 Å². The molecule has 0 saturated carbocycles. The topological polar surface area (TPSA) is 121 Å². The van der Waals surface area contributed by atoms with E-state index in [1.165, 1.54) is 0 Å². The molecule has 16 heavy (non-hydrogen) atoms. The van der Waals surface area contributed by atoms with Gasteiger partial charge in [-0.25, -0.2) is 0 Å². The van der Waals surface area contributed by atoms with Crippen LogP contribution in [0.3, 0.4) is 0 Å². The Hall–Kier alpha value is -2.12. The van der Waals surface area contributed by atoms with Crippen LogP contribution in [0.2, 0.25) is 0 Å². The van der Waals surface area contributed by atoms with Gasteiger partial charge < -0.3 is 20.4 Å². The van der Waals surface area contributed by atoms with Crippen LogP contribution in [0.4, 0.5) is 5.82 Å². The smallest absolute Gasteiger partial charge is 0.273 e. The zero-order chi connectivity index (χ0) is 11.9. The summed E-state index contributed by atoms with van der Waals surface area (Å²) in [6, 6.07) is 0. The molecule has 2 heterocycles. The Bertz CT molecular complexity index is 488. The Labute approximate surface area is 90.2 Å². The van der Waals surface area contributed by atoms with Crippen molar-refractivity contribution in [1.82, 2.24) is 9.46 Å². The highest BCUT2D eigenvalue weighted by atomic mass is 16.5. The molecule has 88 valence electrons. The maximum atomic E-state index is 9.67. The largest absolute Gasteiger partial charge is 0.502 e. The third-order valence-electron chi connectivity index (χ3n) is 2.66. The molecule has 1 aromatic heterocycles. The van der Waals surface area contributed by atoms with Crippen LogP contribution >= 0.6 is 0 Å². The highest BCUT2D eigenvalue weighted by molar-refractivity contribution is 5.50. The SMILES string of the molecule is N=c1c(O)c(N2CCCC2)n(O)c(=N)n1O. The van der Waals surface area contributed by atoms with Gasteiger partial charge in [0.15, 0.2) is 5.82 Å². The quantitative estimate of drug-likeness (QED) is 0.396. The van der Waals surface area contributed by atoms with E-state index in [1.54, 1.807) is 4.90 Å². The monoisotopic (exact) mass is 227 g/mol. The van der Waals surface area contributed by atoms with Crippen LogP contribution in [0.15, 0.2) is 0 Å². The zero-order valence-electron chi connectivity index (χ0n) is 8.51. The minimum Gasteiger partial charge on any atom is -0.502 e. The van der Waals surface area contributed by atoms with Gasteiger partial charge in [-0.05, 0) is 12.8 Å². The number of nitrogens with one attached hydrogen (secondary N) is 2. The zero-order valence-corrected chi connectivity index (χ0v) is 8.51. The molecule has 1 aromatic rings. The molecule has 5 N–H and O–H groups in total. The van der Waals surface area contributed by atoms with Gasteiger partial charge in [0.25, 0.3) is 5.62 Å². The van der Waals surface area contributed by atoms with Crippen LogP contribution in [0, 0.1) is 10.8 Å². The second-order valence-electron chi connectivity index (χ2n) is 3.66. The Kier molecular flexibility index (Phi) is 2.26. The average molecular weight is 227 g/mol. The number of aromatic nitrogens is 2. The Balaban J connectivity index is 2.69. The van der Waals surface area contributed by atoms with Crippen molar-refractivity contribution in [2.24, 2.45) is 0 Å². The predicted octanol–water partition coefficient (Wildman–Crippen LogP) is -0.971. The normalized spacial score (nSPS) is 15.6. The number of hydrogen-bond donors (Lipinski definition) is 5. The number of nitrogens with zero attached hydrogens (tertiary/aromatic N) is 3. The van der Waals surface area contributed by atoms with E-state index in [0.29, 0.717) is 17.8 Å². The maximum absolute atomic E-state index is 9.67. The fourth-order valence-electron chi connectivity index (χ4n) is 1.82. The highest BCUT2D eigenvalue weighted by Gasteiger charge is 2.22. The summed E-state index contributed by atoms with van der Waals surface area (Å²) in [5.74, 6) is -0.555. The van der Waals surface area contributed by atoms with Crippen LogP contribution in [0.5, 0.6) is 5.75 Å². The highest BCUT2D eigenvalue weighted by Crippen LogP contribution is 2.24. The Morgan fingerprint density at radius 2 is 1.56 bits per heavy atom. The number of anilines is 1. The van der Waals surface area contributed by atoms with Gasteiger partial charge in [-0.3, -0.25) is 10.8 Å². The van der Waals surface area contributed by atoms with E-state index in [4.69, 9.17) is 10.8 Å². The molecule has 0 aliphatic carbocycles. The molecule has 1 fully saturated rings. The first-order valence-corrected chi connectivity index (χ1v) is 4.87. The van der Waals surface area contributed by atoms with E-state index < -0.39 is 16.9 Å². The molecule has 1 aliphatic heterocycles. The first-order valence-electron chi connectivity index (χ1n) is 4.87. The van der Waals surface area contributed by atoms with Gasteiger partial charge in [0.2, 0.25) is 11.2 Å². The van der Waals surface area contributed by atoms with E-state index in [0.717, 1.165) is 12.8 Å². The van der Waals surface area contributed by atoms with Crippen LogP contribution in [-0.4, -0.2) is 38.1 Å². The molecule has 0 spiro atoms.